The first-order valence-electron chi connectivity index (χ1n) is 10.4. The summed E-state index contributed by atoms with van der Waals surface area (Å²) in [4.78, 5) is 15.2. The highest BCUT2D eigenvalue weighted by Gasteiger charge is 2.34. The molecule has 1 aliphatic heterocycles. The number of anilines is 1. The summed E-state index contributed by atoms with van der Waals surface area (Å²) in [6.45, 7) is 4.29. The summed E-state index contributed by atoms with van der Waals surface area (Å²) in [5.41, 5.74) is 0.786. The summed E-state index contributed by atoms with van der Waals surface area (Å²) in [7, 11) is -3.76. The Labute approximate surface area is 177 Å². The van der Waals surface area contributed by atoms with Crippen LogP contribution in [0.25, 0.3) is 0 Å². The van der Waals surface area contributed by atoms with Gasteiger partial charge in [-0.1, -0.05) is 6.07 Å². The zero-order valence-electron chi connectivity index (χ0n) is 17.0. The summed E-state index contributed by atoms with van der Waals surface area (Å²) in [6.07, 6.45) is 3.47. The van der Waals surface area contributed by atoms with Gasteiger partial charge in [-0.2, -0.15) is 0 Å². The number of nitrogens with one attached hydrogen (secondary N) is 2. The number of sulfonamides is 1. The minimum atomic E-state index is -3.76. The number of rotatable bonds is 8. The zero-order chi connectivity index (χ0) is 21.1. The largest absolute Gasteiger partial charge is 0.494 e. The molecule has 0 spiro atoms. The second-order valence-electron chi connectivity index (χ2n) is 7.78. The number of likely N-dealkylation sites (tertiary alicyclic amines) is 1. The standard InChI is InChI=1S/C22H27N3O4S/c1-2-29-20-8-10-21(11-9-20)30(27,28)24-17-5-3-4-16(14-17)22(26)23-18-12-13-25(15-18)19-6-7-19/h3-5,8-11,14,18-19,24H,2,6-7,12-13,15H2,1H3,(H,23,26). The van der Waals surface area contributed by atoms with Gasteiger partial charge in [0.2, 0.25) is 0 Å². The molecule has 1 saturated heterocycles. The second-order valence-corrected chi connectivity index (χ2v) is 9.46. The van der Waals surface area contributed by atoms with Gasteiger partial charge in [0, 0.05) is 36.4 Å². The Hall–Kier alpha value is -2.58. The minimum Gasteiger partial charge on any atom is -0.494 e. The number of amides is 1. The van der Waals surface area contributed by atoms with Crippen LogP contribution in [-0.4, -0.2) is 51.0 Å². The molecule has 0 aromatic heterocycles. The summed E-state index contributed by atoms with van der Waals surface area (Å²) in [5.74, 6) is 0.432. The molecule has 1 amide bonds. The van der Waals surface area contributed by atoms with E-state index in [0.29, 0.717) is 29.6 Å². The lowest BCUT2D eigenvalue weighted by molar-refractivity contribution is 0.0937. The molecule has 0 radical (unpaired) electrons. The van der Waals surface area contributed by atoms with E-state index < -0.39 is 10.0 Å². The molecule has 0 bridgehead atoms. The highest BCUT2D eigenvalue weighted by Crippen LogP contribution is 2.30. The molecule has 1 saturated carbocycles. The van der Waals surface area contributed by atoms with Crippen molar-refractivity contribution in [3.8, 4) is 5.75 Å². The molecule has 1 aliphatic carbocycles. The van der Waals surface area contributed by atoms with Crippen molar-refractivity contribution in [2.24, 2.45) is 0 Å². The fourth-order valence-corrected chi connectivity index (χ4v) is 4.81. The van der Waals surface area contributed by atoms with Gasteiger partial charge in [0.05, 0.1) is 11.5 Å². The normalized spacial score (nSPS) is 19.4. The van der Waals surface area contributed by atoms with Crippen molar-refractivity contribution < 1.29 is 17.9 Å². The lowest BCUT2D eigenvalue weighted by Gasteiger charge is -2.16. The van der Waals surface area contributed by atoms with Crippen LogP contribution in [0.2, 0.25) is 0 Å². The molecule has 2 N–H and O–H groups in total. The van der Waals surface area contributed by atoms with E-state index in [1.54, 1.807) is 36.4 Å². The van der Waals surface area contributed by atoms with Gasteiger partial charge in [0.1, 0.15) is 5.75 Å². The maximum absolute atomic E-state index is 12.7. The molecule has 7 nitrogen and oxygen atoms in total. The van der Waals surface area contributed by atoms with E-state index in [0.717, 1.165) is 19.5 Å². The van der Waals surface area contributed by atoms with Crippen molar-refractivity contribution in [3.05, 3.63) is 54.1 Å². The van der Waals surface area contributed by atoms with Crippen LogP contribution in [0.4, 0.5) is 5.69 Å². The van der Waals surface area contributed by atoms with Gasteiger partial charge >= 0.3 is 0 Å². The van der Waals surface area contributed by atoms with Crippen LogP contribution in [0.5, 0.6) is 5.75 Å². The molecule has 2 aromatic rings. The number of carbonyl (C=O) groups is 1. The molecule has 8 heteroatoms. The van der Waals surface area contributed by atoms with Crippen molar-refractivity contribution in [3.63, 3.8) is 0 Å². The third-order valence-electron chi connectivity index (χ3n) is 5.44. The first-order valence-corrected chi connectivity index (χ1v) is 11.8. The van der Waals surface area contributed by atoms with Crippen molar-refractivity contribution >= 4 is 21.6 Å². The lowest BCUT2D eigenvalue weighted by Crippen LogP contribution is -2.37. The van der Waals surface area contributed by atoms with E-state index >= 15 is 0 Å². The summed E-state index contributed by atoms with van der Waals surface area (Å²) in [5, 5.41) is 3.08. The quantitative estimate of drug-likeness (QED) is 0.674. The Morgan fingerprint density at radius 1 is 1.13 bits per heavy atom. The number of carbonyl (C=O) groups excluding carboxylic acids is 1. The number of benzene rings is 2. The van der Waals surface area contributed by atoms with E-state index in [9.17, 15) is 13.2 Å². The monoisotopic (exact) mass is 429 g/mol. The number of nitrogens with zero attached hydrogens (tertiary/aromatic N) is 1. The summed E-state index contributed by atoms with van der Waals surface area (Å²) < 4.78 is 33.3. The molecule has 1 heterocycles. The van der Waals surface area contributed by atoms with E-state index in [2.05, 4.69) is 14.9 Å². The lowest BCUT2D eigenvalue weighted by atomic mass is 10.1. The molecular formula is C22H27N3O4S. The molecule has 2 aromatic carbocycles. The van der Waals surface area contributed by atoms with Crippen molar-refractivity contribution in [1.82, 2.24) is 10.2 Å². The molecule has 2 aliphatic rings. The van der Waals surface area contributed by atoms with Crippen LogP contribution in [0, 0.1) is 0 Å². The van der Waals surface area contributed by atoms with Gasteiger partial charge in [0.15, 0.2) is 0 Å². The SMILES string of the molecule is CCOc1ccc(S(=O)(=O)Nc2cccc(C(=O)NC3CCN(C4CC4)C3)c2)cc1. The average Bonchev–Trinajstić information content (AvgIpc) is 3.48. The van der Waals surface area contributed by atoms with Crippen molar-refractivity contribution in [2.75, 3.05) is 24.4 Å². The molecule has 160 valence electrons. The fourth-order valence-electron chi connectivity index (χ4n) is 3.76. The molecule has 1 unspecified atom stereocenters. The predicted molar refractivity (Wildman–Crippen MR) is 115 cm³/mol. The maximum atomic E-state index is 12.7. The fraction of sp³-hybridized carbons (Fsp3) is 0.409. The number of ether oxygens (including phenoxy) is 1. The smallest absolute Gasteiger partial charge is 0.261 e. The van der Waals surface area contributed by atoms with Crippen LogP contribution >= 0.6 is 0 Å². The van der Waals surface area contributed by atoms with Crippen LogP contribution < -0.4 is 14.8 Å². The molecule has 30 heavy (non-hydrogen) atoms. The first-order chi connectivity index (χ1) is 14.4. The van der Waals surface area contributed by atoms with Gasteiger partial charge in [-0.15, -0.1) is 0 Å². The van der Waals surface area contributed by atoms with Gasteiger partial charge in [-0.3, -0.25) is 14.4 Å². The Morgan fingerprint density at radius 3 is 2.60 bits per heavy atom. The highest BCUT2D eigenvalue weighted by atomic mass is 32.2. The van der Waals surface area contributed by atoms with Crippen LogP contribution in [0.1, 0.15) is 36.5 Å². The van der Waals surface area contributed by atoms with Crippen LogP contribution in [0.3, 0.4) is 0 Å². The van der Waals surface area contributed by atoms with E-state index in [1.165, 1.54) is 25.0 Å². The van der Waals surface area contributed by atoms with E-state index in [4.69, 9.17) is 4.74 Å². The average molecular weight is 430 g/mol. The Kier molecular flexibility index (Phi) is 5.97. The third-order valence-corrected chi connectivity index (χ3v) is 6.84. The molecular weight excluding hydrogens is 402 g/mol. The van der Waals surface area contributed by atoms with Gasteiger partial charge < -0.3 is 10.1 Å². The third kappa shape index (κ3) is 4.94. The van der Waals surface area contributed by atoms with E-state index in [-0.39, 0.29) is 16.8 Å². The van der Waals surface area contributed by atoms with Crippen LogP contribution in [0.15, 0.2) is 53.4 Å². The highest BCUT2D eigenvalue weighted by molar-refractivity contribution is 7.92. The van der Waals surface area contributed by atoms with Crippen molar-refractivity contribution in [2.45, 2.75) is 43.2 Å². The van der Waals surface area contributed by atoms with Crippen LogP contribution in [-0.2, 0) is 10.0 Å². The topological polar surface area (TPSA) is 87.7 Å². The molecule has 1 atom stereocenters. The first kappa shape index (κ1) is 20.7. The Bertz CT molecular complexity index is 1000. The van der Waals surface area contributed by atoms with Gasteiger partial charge in [-0.05, 0) is 68.7 Å². The zero-order valence-corrected chi connectivity index (χ0v) is 17.8. The van der Waals surface area contributed by atoms with Gasteiger partial charge in [-0.25, -0.2) is 8.42 Å². The second kappa shape index (κ2) is 8.65. The van der Waals surface area contributed by atoms with Crippen molar-refractivity contribution in [1.29, 1.82) is 0 Å². The predicted octanol–water partition coefficient (Wildman–Crippen LogP) is 2.85. The summed E-state index contributed by atoms with van der Waals surface area (Å²) >= 11 is 0. The number of hydrogen-bond acceptors (Lipinski definition) is 5. The molecule has 2 fully saturated rings. The number of hydrogen-bond donors (Lipinski definition) is 2. The van der Waals surface area contributed by atoms with E-state index in [1.807, 2.05) is 6.92 Å². The minimum absolute atomic E-state index is 0.131. The Morgan fingerprint density at radius 2 is 1.90 bits per heavy atom. The maximum Gasteiger partial charge on any atom is 0.261 e. The Balaban J connectivity index is 1.40. The summed E-state index contributed by atoms with van der Waals surface area (Å²) in [6, 6.07) is 13.6. The van der Waals surface area contributed by atoms with Gasteiger partial charge in [0.25, 0.3) is 15.9 Å². The molecule has 4 rings (SSSR count).